The molecule has 2 atom stereocenters. The van der Waals surface area contributed by atoms with Gasteiger partial charge in [0.15, 0.2) is 0 Å². The number of hydrogen-bond acceptors (Lipinski definition) is 3. The molecule has 0 bridgehead atoms. The van der Waals surface area contributed by atoms with Crippen molar-refractivity contribution in [3.63, 3.8) is 0 Å². The Kier molecular flexibility index (Phi) is 5.09. The highest BCUT2D eigenvalue weighted by molar-refractivity contribution is 5.70. The van der Waals surface area contributed by atoms with E-state index in [-0.39, 0.29) is 5.97 Å². The van der Waals surface area contributed by atoms with E-state index in [9.17, 15) is 4.79 Å². The predicted molar refractivity (Wildman–Crippen MR) is 60.7 cm³/mol. The number of carbonyl (C=O) groups excluding carboxylic acids is 1. The summed E-state index contributed by atoms with van der Waals surface area (Å²) in [7, 11) is 0. The molecule has 1 saturated heterocycles. The fraction of sp³-hybridized carbons (Fsp3) is 0.917. The molecule has 2 unspecified atom stereocenters. The lowest BCUT2D eigenvalue weighted by Crippen LogP contribution is -2.44. The van der Waals surface area contributed by atoms with E-state index in [1.54, 1.807) is 0 Å². The number of nitrogens with zero attached hydrogens (tertiary/aromatic N) is 1. The summed E-state index contributed by atoms with van der Waals surface area (Å²) in [6.07, 6.45) is 4.37. The van der Waals surface area contributed by atoms with E-state index < -0.39 is 0 Å². The molecule has 0 aromatic carbocycles. The van der Waals surface area contributed by atoms with Gasteiger partial charge in [-0.15, -0.1) is 0 Å². The van der Waals surface area contributed by atoms with Gasteiger partial charge >= 0.3 is 5.97 Å². The van der Waals surface area contributed by atoms with Crippen molar-refractivity contribution < 1.29 is 9.53 Å². The highest BCUT2D eigenvalue weighted by Gasteiger charge is 2.24. The zero-order valence-electron chi connectivity index (χ0n) is 10.2. The van der Waals surface area contributed by atoms with Gasteiger partial charge in [-0.25, -0.2) is 0 Å². The van der Waals surface area contributed by atoms with Crippen LogP contribution in [0.3, 0.4) is 0 Å². The Hall–Kier alpha value is -0.570. The zero-order valence-corrected chi connectivity index (χ0v) is 10.2. The molecule has 0 aliphatic carbocycles. The molecular formula is C12H23NO2. The van der Waals surface area contributed by atoms with Gasteiger partial charge < -0.3 is 4.74 Å². The van der Waals surface area contributed by atoms with Crippen LogP contribution in [0.15, 0.2) is 0 Å². The minimum Gasteiger partial charge on any atom is -0.466 e. The van der Waals surface area contributed by atoms with Crippen LogP contribution in [0.1, 0.15) is 46.5 Å². The van der Waals surface area contributed by atoms with Gasteiger partial charge in [0.1, 0.15) is 0 Å². The molecule has 0 radical (unpaired) electrons. The lowest BCUT2D eigenvalue weighted by molar-refractivity contribution is -0.144. The van der Waals surface area contributed by atoms with Crippen LogP contribution in [-0.4, -0.2) is 36.1 Å². The maximum Gasteiger partial charge on any atom is 0.307 e. The summed E-state index contributed by atoms with van der Waals surface area (Å²) in [6.45, 7) is 7.84. The molecule has 1 rings (SSSR count). The SMILES string of the molecule is CCOC(=O)CC(C)N1CCCCC1C. The number of carbonyl (C=O) groups is 1. The lowest BCUT2D eigenvalue weighted by Gasteiger charge is -2.37. The van der Waals surface area contributed by atoms with Gasteiger partial charge in [0.2, 0.25) is 0 Å². The second-order valence-electron chi connectivity index (χ2n) is 4.44. The van der Waals surface area contributed by atoms with Gasteiger partial charge in [0.05, 0.1) is 13.0 Å². The second kappa shape index (κ2) is 6.11. The molecule has 1 aliphatic heterocycles. The highest BCUT2D eigenvalue weighted by atomic mass is 16.5. The fourth-order valence-corrected chi connectivity index (χ4v) is 2.35. The summed E-state index contributed by atoms with van der Waals surface area (Å²) in [5, 5.41) is 0. The summed E-state index contributed by atoms with van der Waals surface area (Å²) >= 11 is 0. The van der Waals surface area contributed by atoms with Crippen molar-refractivity contribution in [2.75, 3.05) is 13.2 Å². The Bertz CT molecular complexity index is 206. The summed E-state index contributed by atoms with van der Waals surface area (Å²) in [4.78, 5) is 13.8. The standard InChI is InChI=1S/C12H23NO2/c1-4-15-12(14)9-11(3)13-8-6-5-7-10(13)2/h10-11H,4-9H2,1-3H3. The average molecular weight is 213 g/mol. The molecule has 3 heteroatoms. The fourth-order valence-electron chi connectivity index (χ4n) is 2.35. The summed E-state index contributed by atoms with van der Waals surface area (Å²) in [6, 6.07) is 0.933. The number of ether oxygens (including phenoxy) is 1. The number of hydrogen-bond donors (Lipinski definition) is 0. The topological polar surface area (TPSA) is 29.5 Å². The molecule has 0 amide bonds. The van der Waals surface area contributed by atoms with Crippen molar-refractivity contribution >= 4 is 5.97 Å². The first-order valence-electron chi connectivity index (χ1n) is 6.06. The van der Waals surface area contributed by atoms with Crippen molar-refractivity contribution in [1.29, 1.82) is 0 Å². The number of piperidine rings is 1. The van der Waals surface area contributed by atoms with Crippen LogP contribution in [0.4, 0.5) is 0 Å². The van der Waals surface area contributed by atoms with Crippen LogP contribution in [0, 0.1) is 0 Å². The predicted octanol–water partition coefficient (Wildman–Crippen LogP) is 2.20. The van der Waals surface area contributed by atoms with Gasteiger partial charge in [-0.2, -0.15) is 0 Å². The average Bonchev–Trinajstić information content (AvgIpc) is 2.18. The Balaban J connectivity index is 2.37. The normalized spacial score (nSPS) is 24.9. The molecule has 0 spiro atoms. The lowest BCUT2D eigenvalue weighted by atomic mass is 10.0. The van der Waals surface area contributed by atoms with E-state index in [1.807, 2.05) is 6.92 Å². The van der Waals surface area contributed by atoms with Crippen molar-refractivity contribution in [1.82, 2.24) is 4.90 Å². The van der Waals surface area contributed by atoms with Crippen molar-refractivity contribution in [2.24, 2.45) is 0 Å². The second-order valence-corrected chi connectivity index (χ2v) is 4.44. The van der Waals surface area contributed by atoms with Crippen LogP contribution < -0.4 is 0 Å². The molecular weight excluding hydrogens is 190 g/mol. The van der Waals surface area contributed by atoms with E-state index in [4.69, 9.17) is 4.74 Å². The Morgan fingerprint density at radius 3 is 2.87 bits per heavy atom. The van der Waals surface area contributed by atoms with Gasteiger partial charge in [0, 0.05) is 12.1 Å². The van der Waals surface area contributed by atoms with Crippen molar-refractivity contribution in [3.8, 4) is 0 Å². The summed E-state index contributed by atoms with van der Waals surface area (Å²) in [5.41, 5.74) is 0. The molecule has 0 saturated carbocycles. The van der Waals surface area contributed by atoms with Crippen molar-refractivity contribution in [3.05, 3.63) is 0 Å². The van der Waals surface area contributed by atoms with E-state index in [0.717, 1.165) is 6.54 Å². The van der Waals surface area contributed by atoms with E-state index >= 15 is 0 Å². The van der Waals surface area contributed by atoms with Crippen LogP contribution in [0.2, 0.25) is 0 Å². The van der Waals surface area contributed by atoms with Crippen LogP contribution in [0.25, 0.3) is 0 Å². The van der Waals surface area contributed by atoms with Gasteiger partial charge in [-0.05, 0) is 40.2 Å². The Morgan fingerprint density at radius 1 is 1.53 bits per heavy atom. The molecule has 88 valence electrons. The molecule has 0 aromatic heterocycles. The molecule has 3 nitrogen and oxygen atoms in total. The van der Waals surface area contributed by atoms with E-state index in [2.05, 4.69) is 18.7 Å². The molecule has 1 heterocycles. The van der Waals surface area contributed by atoms with E-state index in [1.165, 1.54) is 19.3 Å². The highest BCUT2D eigenvalue weighted by Crippen LogP contribution is 2.20. The molecule has 0 N–H and O–H groups in total. The maximum absolute atomic E-state index is 11.4. The molecule has 15 heavy (non-hydrogen) atoms. The van der Waals surface area contributed by atoms with E-state index in [0.29, 0.717) is 25.1 Å². The van der Waals surface area contributed by atoms with Gasteiger partial charge in [0.25, 0.3) is 0 Å². The van der Waals surface area contributed by atoms with Crippen LogP contribution >= 0.6 is 0 Å². The maximum atomic E-state index is 11.4. The first-order valence-corrected chi connectivity index (χ1v) is 6.06. The van der Waals surface area contributed by atoms with Gasteiger partial charge in [-0.3, -0.25) is 9.69 Å². The zero-order chi connectivity index (χ0) is 11.3. The quantitative estimate of drug-likeness (QED) is 0.670. The van der Waals surface area contributed by atoms with Gasteiger partial charge in [-0.1, -0.05) is 6.42 Å². The van der Waals surface area contributed by atoms with Crippen LogP contribution in [-0.2, 0) is 9.53 Å². The number of likely N-dealkylation sites (tertiary alicyclic amines) is 1. The third-order valence-corrected chi connectivity index (χ3v) is 3.19. The minimum absolute atomic E-state index is 0.0669. The monoisotopic (exact) mass is 213 g/mol. The Morgan fingerprint density at radius 2 is 2.27 bits per heavy atom. The molecule has 1 aliphatic rings. The first-order chi connectivity index (χ1) is 7.15. The first kappa shape index (κ1) is 12.5. The smallest absolute Gasteiger partial charge is 0.307 e. The van der Waals surface area contributed by atoms with Crippen LogP contribution in [0.5, 0.6) is 0 Å². The third-order valence-electron chi connectivity index (χ3n) is 3.19. The summed E-state index contributed by atoms with van der Waals surface area (Å²) in [5.74, 6) is -0.0669. The van der Waals surface area contributed by atoms with Crippen molar-refractivity contribution in [2.45, 2.75) is 58.5 Å². The number of esters is 1. The third kappa shape index (κ3) is 3.82. The summed E-state index contributed by atoms with van der Waals surface area (Å²) < 4.78 is 4.97. The Labute approximate surface area is 92.8 Å². The number of rotatable bonds is 4. The minimum atomic E-state index is -0.0669. The molecule has 1 fully saturated rings. The largest absolute Gasteiger partial charge is 0.466 e. The molecule has 0 aromatic rings.